The molecule has 1 saturated carbocycles. The third kappa shape index (κ3) is 4.91. The van der Waals surface area contributed by atoms with Crippen molar-refractivity contribution < 1.29 is 13.2 Å². The predicted octanol–water partition coefficient (Wildman–Crippen LogP) is 1.03. The zero-order valence-electron chi connectivity index (χ0n) is 12.7. The fraction of sp³-hybridized carbons (Fsp3) is 0.533. The van der Waals surface area contributed by atoms with E-state index in [-0.39, 0.29) is 29.3 Å². The van der Waals surface area contributed by atoms with Crippen LogP contribution in [0.25, 0.3) is 0 Å². The number of hydrogen-bond acceptors (Lipinski definition) is 4. The molecule has 1 aliphatic carbocycles. The number of rotatable bonds is 6. The highest BCUT2D eigenvalue weighted by Gasteiger charge is 2.28. The number of benzene rings is 1. The van der Waals surface area contributed by atoms with E-state index < -0.39 is 10.0 Å². The monoisotopic (exact) mass is 359 g/mol. The Morgan fingerprint density at radius 1 is 1.26 bits per heavy atom. The van der Waals surface area contributed by atoms with Gasteiger partial charge in [0.15, 0.2) is 0 Å². The minimum atomic E-state index is -3.53. The maximum absolute atomic E-state index is 12.2. The molecule has 23 heavy (non-hydrogen) atoms. The Balaban J connectivity index is 0.00000192. The van der Waals surface area contributed by atoms with Crippen molar-refractivity contribution in [2.24, 2.45) is 0 Å². The molecular weight excluding hydrogens is 338 g/mol. The maximum atomic E-state index is 12.2. The Bertz CT molecular complexity index is 656. The van der Waals surface area contributed by atoms with E-state index in [0.717, 1.165) is 32.2 Å². The lowest BCUT2D eigenvalue weighted by Crippen LogP contribution is -2.37. The van der Waals surface area contributed by atoms with Gasteiger partial charge in [-0.3, -0.25) is 4.79 Å². The van der Waals surface area contributed by atoms with Crippen molar-refractivity contribution in [3.63, 3.8) is 0 Å². The molecule has 8 heteroatoms. The minimum Gasteiger partial charge on any atom is -0.350 e. The van der Waals surface area contributed by atoms with Crippen molar-refractivity contribution in [3.05, 3.63) is 29.8 Å². The second-order valence-corrected chi connectivity index (χ2v) is 7.64. The summed E-state index contributed by atoms with van der Waals surface area (Å²) < 4.78 is 27.0. The summed E-state index contributed by atoms with van der Waals surface area (Å²) in [5.41, 5.74) is 0.372. The topological polar surface area (TPSA) is 87.3 Å². The molecule has 1 aliphatic heterocycles. The van der Waals surface area contributed by atoms with Gasteiger partial charge < -0.3 is 10.6 Å². The number of carbonyl (C=O) groups excluding carboxylic acids is 1. The van der Waals surface area contributed by atoms with E-state index in [9.17, 15) is 13.2 Å². The Labute approximate surface area is 142 Å². The zero-order valence-corrected chi connectivity index (χ0v) is 14.4. The molecule has 0 spiro atoms. The number of carbonyl (C=O) groups is 1. The molecule has 1 unspecified atom stereocenters. The van der Waals surface area contributed by atoms with E-state index >= 15 is 0 Å². The molecule has 0 bridgehead atoms. The Hall–Kier alpha value is -1.15. The first-order valence-electron chi connectivity index (χ1n) is 7.68. The molecule has 0 aromatic heterocycles. The lowest BCUT2D eigenvalue weighted by molar-refractivity contribution is 0.0950. The molecule has 3 rings (SSSR count). The van der Waals surface area contributed by atoms with Gasteiger partial charge >= 0.3 is 0 Å². The van der Waals surface area contributed by atoms with Gasteiger partial charge in [-0.1, -0.05) is 6.07 Å². The van der Waals surface area contributed by atoms with Gasteiger partial charge in [-0.2, -0.15) is 0 Å². The second-order valence-electron chi connectivity index (χ2n) is 5.93. The van der Waals surface area contributed by atoms with Crippen molar-refractivity contribution in [2.75, 3.05) is 13.1 Å². The molecule has 2 aliphatic rings. The van der Waals surface area contributed by atoms with Crippen molar-refractivity contribution in [2.45, 2.75) is 42.7 Å². The van der Waals surface area contributed by atoms with Crippen LogP contribution in [0.5, 0.6) is 0 Å². The molecule has 3 N–H and O–H groups in total. The third-order valence-corrected chi connectivity index (χ3v) is 5.50. The second kappa shape index (κ2) is 7.61. The first-order valence-corrected chi connectivity index (χ1v) is 9.17. The van der Waals surface area contributed by atoms with Gasteiger partial charge in [-0.05, 0) is 50.4 Å². The van der Waals surface area contributed by atoms with Crippen molar-refractivity contribution in [3.8, 4) is 0 Å². The first-order chi connectivity index (χ1) is 10.5. The molecule has 1 aromatic carbocycles. The normalized spacial score (nSPS) is 20.8. The molecular formula is C15H22ClN3O3S. The number of sulfonamides is 1. The molecule has 0 radical (unpaired) electrons. The van der Waals surface area contributed by atoms with Crippen LogP contribution in [0.15, 0.2) is 29.2 Å². The van der Waals surface area contributed by atoms with E-state index in [0.29, 0.717) is 18.2 Å². The van der Waals surface area contributed by atoms with Gasteiger partial charge in [0.05, 0.1) is 4.90 Å². The largest absolute Gasteiger partial charge is 0.350 e. The lowest BCUT2D eigenvalue weighted by Gasteiger charge is -2.12. The molecule has 1 saturated heterocycles. The summed E-state index contributed by atoms with van der Waals surface area (Å²) >= 11 is 0. The lowest BCUT2D eigenvalue weighted by atomic mass is 10.2. The van der Waals surface area contributed by atoms with Crippen LogP contribution in [-0.2, 0) is 10.0 Å². The molecule has 1 heterocycles. The Morgan fingerprint density at radius 3 is 2.70 bits per heavy atom. The van der Waals surface area contributed by atoms with Crippen LogP contribution in [0.2, 0.25) is 0 Å². The summed E-state index contributed by atoms with van der Waals surface area (Å²) in [6, 6.07) is 6.54. The van der Waals surface area contributed by atoms with Gasteiger partial charge in [-0.25, -0.2) is 13.1 Å². The molecule has 6 nitrogen and oxygen atoms in total. The average molecular weight is 360 g/mol. The quantitative estimate of drug-likeness (QED) is 0.708. The van der Waals surface area contributed by atoms with Crippen LogP contribution in [0.1, 0.15) is 36.0 Å². The summed E-state index contributed by atoms with van der Waals surface area (Å²) in [6.45, 7) is 1.55. The van der Waals surface area contributed by atoms with Crippen LogP contribution >= 0.6 is 12.4 Å². The predicted molar refractivity (Wildman–Crippen MR) is 90.4 cm³/mol. The Kier molecular flexibility index (Phi) is 6.02. The number of halogens is 1. The molecule has 2 fully saturated rings. The molecule has 128 valence electrons. The summed E-state index contributed by atoms with van der Waals surface area (Å²) in [4.78, 5) is 12.3. The highest BCUT2D eigenvalue weighted by atomic mass is 35.5. The fourth-order valence-electron chi connectivity index (χ4n) is 2.54. The van der Waals surface area contributed by atoms with E-state index in [1.54, 1.807) is 12.1 Å². The Morgan fingerprint density at radius 2 is 2.04 bits per heavy atom. The van der Waals surface area contributed by atoms with E-state index in [1.807, 2.05) is 0 Å². The van der Waals surface area contributed by atoms with Crippen LogP contribution < -0.4 is 15.4 Å². The zero-order chi connectivity index (χ0) is 15.6. The van der Waals surface area contributed by atoms with Crippen LogP contribution in [-0.4, -0.2) is 39.5 Å². The summed E-state index contributed by atoms with van der Waals surface area (Å²) in [5, 5.41) is 6.16. The SMILES string of the molecule is Cl.O=C(NCC1CCCN1)c1cccc(S(=O)(=O)NC2CC2)c1. The third-order valence-electron chi connectivity index (χ3n) is 3.98. The highest BCUT2D eigenvalue weighted by molar-refractivity contribution is 7.89. The van der Waals surface area contributed by atoms with Gasteiger partial charge in [-0.15, -0.1) is 12.4 Å². The standard InChI is InChI=1S/C15H21N3O3S.ClH/c19-15(17-10-13-4-2-8-16-13)11-3-1-5-14(9-11)22(20,21)18-12-6-7-12;/h1,3,5,9,12-13,16,18H,2,4,6-8,10H2,(H,17,19);1H. The summed E-state index contributed by atoms with van der Waals surface area (Å²) in [5.74, 6) is -0.239. The van der Waals surface area contributed by atoms with Gasteiger partial charge in [0, 0.05) is 24.2 Å². The number of hydrogen-bond donors (Lipinski definition) is 3. The van der Waals surface area contributed by atoms with Gasteiger partial charge in [0.1, 0.15) is 0 Å². The van der Waals surface area contributed by atoms with Crippen molar-refractivity contribution in [1.29, 1.82) is 0 Å². The first kappa shape index (κ1) is 18.2. The smallest absolute Gasteiger partial charge is 0.251 e. The molecule has 1 aromatic rings. The van der Waals surface area contributed by atoms with Crippen molar-refractivity contribution >= 4 is 28.3 Å². The summed E-state index contributed by atoms with van der Waals surface area (Å²) in [6.07, 6.45) is 3.95. The molecule has 1 amide bonds. The fourth-order valence-corrected chi connectivity index (χ4v) is 3.89. The number of amides is 1. The summed E-state index contributed by atoms with van der Waals surface area (Å²) in [7, 11) is -3.53. The minimum absolute atomic E-state index is 0. The highest BCUT2D eigenvalue weighted by Crippen LogP contribution is 2.22. The van der Waals surface area contributed by atoms with Crippen LogP contribution in [0, 0.1) is 0 Å². The van der Waals surface area contributed by atoms with E-state index in [2.05, 4.69) is 15.4 Å². The average Bonchev–Trinajstić information content (AvgIpc) is 3.15. The van der Waals surface area contributed by atoms with E-state index in [4.69, 9.17) is 0 Å². The molecule has 1 atom stereocenters. The maximum Gasteiger partial charge on any atom is 0.251 e. The van der Waals surface area contributed by atoms with Gasteiger partial charge in [0.25, 0.3) is 5.91 Å². The van der Waals surface area contributed by atoms with E-state index in [1.165, 1.54) is 12.1 Å². The number of nitrogens with one attached hydrogen (secondary N) is 3. The van der Waals surface area contributed by atoms with Crippen molar-refractivity contribution in [1.82, 2.24) is 15.4 Å². The van der Waals surface area contributed by atoms with Crippen LogP contribution in [0.3, 0.4) is 0 Å². The van der Waals surface area contributed by atoms with Crippen LogP contribution in [0.4, 0.5) is 0 Å². The van der Waals surface area contributed by atoms with Gasteiger partial charge in [0.2, 0.25) is 10.0 Å².